The Labute approximate surface area is 150 Å². The highest BCUT2D eigenvalue weighted by atomic mass is 32.2. The fraction of sp³-hybridized carbons (Fsp3) is 0.579. The fourth-order valence-corrected chi connectivity index (χ4v) is 3.56. The van der Waals surface area contributed by atoms with Crippen LogP contribution in [0.5, 0.6) is 0 Å². The minimum absolute atomic E-state index is 0.0300. The second-order valence-electron chi connectivity index (χ2n) is 8.08. The third-order valence-electron chi connectivity index (χ3n) is 3.22. The van der Waals surface area contributed by atoms with Gasteiger partial charge in [0.15, 0.2) is 0 Å². The van der Waals surface area contributed by atoms with Gasteiger partial charge in [0.05, 0.1) is 11.5 Å². The minimum Gasteiger partial charge on any atom is -0.350 e. The average Bonchev–Trinajstić information content (AvgIpc) is 2.34. The van der Waals surface area contributed by atoms with E-state index in [9.17, 15) is 9.59 Å². The van der Waals surface area contributed by atoms with Crippen molar-refractivity contribution >= 4 is 29.3 Å². The molecule has 1 aromatic rings. The molecule has 0 aliphatic carbocycles. The average molecular weight is 351 g/mol. The summed E-state index contributed by atoms with van der Waals surface area (Å²) in [5, 5.41) is 5.90. The molecule has 0 atom stereocenters. The molecule has 1 aromatic carbocycles. The number of amides is 2. The zero-order valence-corrected chi connectivity index (χ0v) is 16.5. The van der Waals surface area contributed by atoms with E-state index in [1.165, 1.54) is 11.8 Å². The highest BCUT2D eigenvalue weighted by Crippen LogP contribution is 2.26. The van der Waals surface area contributed by atoms with E-state index in [-0.39, 0.29) is 34.3 Å². The molecule has 0 aliphatic rings. The van der Waals surface area contributed by atoms with E-state index in [4.69, 9.17) is 0 Å². The third kappa shape index (κ3) is 8.96. The van der Waals surface area contributed by atoms with Crippen LogP contribution in [0, 0.1) is 12.3 Å². The zero-order valence-electron chi connectivity index (χ0n) is 15.7. The van der Waals surface area contributed by atoms with Crippen molar-refractivity contribution in [2.75, 3.05) is 16.8 Å². The number of anilines is 1. The molecule has 0 aromatic heterocycles. The maximum Gasteiger partial charge on any atom is 0.234 e. The van der Waals surface area contributed by atoms with Crippen molar-refractivity contribution < 1.29 is 9.59 Å². The van der Waals surface area contributed by atoms with Crippen molar-refractivity contribution in [1.29, 1.82) is 0 Å². The van der Waals surface area contributed by atoms with Crippen LogP contribution in [0.25, 0.3) is 0 Å². The summed E-state index contributed by atoms with van der Waals surface area (Å²) in [6.07, 6.45) is 0.893. The molecule has 0 saturated heterocycles. The van der Waals surface area contributed by atoms with Crippen molar-refractivity contribution in [1.82, 2.24) is 5.32 Å². The lowest BCUT2D eigenvalue weighted by atomic mass is 9.82. The first kappa shape index (κ1) is 20.6. The number of carbonyl (C=O) groups excluding carboxylic acids is 2. The Morgan fingerprint density at radius 1 is 1.04 bits per heavy atom. The summed E-state index contributed by atoms with van der Waals surface area (Å²) in [6, 6.07) is 7.67. The predicted octanol–water partition coefficient (Wildman–Crippen LogP) is 4.00. The van der Waals surface area contributed by atoms with Crippen LogP contribution in [0.1, 0.15) is 46.6 Å². The lowest BCUT2D eigenvalue weighted by Gasteiger charge is -2.33. The largest absolute Gasteiger partial charge is 0.350 e. The third-order valence-corrected chi connectivity index (χ3v) is 4.15. The van der Waals surface area contributed by atoms with Crippen LogP contribution in [0.3, 0.4) is 0 Å². The van der Waals surface area contributed by atoms with Crippen molar-refractivity contribution in [3.8, 4) is 0 Å². The van der Waals surface area contributed by atoms with E-state index >= 15 is 0 Å². The van der Waals surface area contributed by atoms with Crippen molar-refractivity contribution in [2.45, 2.75) is 53.5 Å². The summed E-state index contributed by atoms with van der Waals surface area (Å²) in [7, 11) is 0. The summed E-state index contributed by atoms with van der Waals surface area (Å²) in [5.74, 6) is 0.431. The van der Waals surface area contributed by atoms with Crippen LogP contribution in [-0.2, 0) is 9.59 Å². The summed E-state index contributed by atoms with van der Waals surface area (Å²) < 4.78 is 0. The van der Waals surface area contributed by atoms with Gasteiger partial charge in [0, 0.05) is 11.2 Å². The number of carbonyl (C=O) groups is 2. The first-order valence-corrected chi connectivity index (χ1v) is 9.38. The van der Waals surface area contributed by atoms with Gasteiger partial charge in [-0.3, -0.25) is 9.59 Å². The number of hydrogen-bond donors (Lipinski definition) is 2. The summed E-state index contributed by atoms with van der Waals surface area (Å²) in [6.45, 7) is 12.5. The molecular formula is C19H30N2O2S. The number of aryl methyl sites for hydroxylation is 1. The second-order valence-corrected chi connectivity index (χ2v) is 9.07. The lowest BCUT2D eigenvalue weighted by molar-refractivity contribution is -0.120. The van der Waals surface area contributed by atoms with Crippen LogP contribution in [0.2, 0.25) is 0 Å². The molecule has 24 heavy (non-hydrogen) atoms. The standard InChI is InChI=1S/C19H30N2O2S/c1-14-8-7-9-15(10-14)20-16(22)11-24-12-17(23)21-19(5,6)13-18(2,3)4/h7-10H,11-13H2,1-6H3,(H,20,22)(H,21,23). The minimum atomic E-state index is -0.250. The maximum absolute atomic E-state index is 12.1. The molecule has 0 spiro atoms. The molecule has 0 aliphatic heterocycles. The molecule has 0 heterocycles. The Morgan fingerprint density at radius 3 is 2.25 bits per heavy atom. The van der Waals surface area contributed by atoms with Crippen LogP contribution < -0.4 is 10.6 Å². The number of rotatable bonds is 7. The van der Waals surface area contributed by atoms with Crippen molar-refractivity contribution in [3.63, 3.8) is 0 Å². The highest BCUT2D eigenvalue weighted by molar-refractivity contribution is 8.00. The summed E-state index contributed by atoms with van der Waals surface area (Å²) in [5.41, 5.74) is 1.79. The lowest BCUT2D eigenvalue weighted by Crippen LogP contribution is -2.46. The van der Waals surface area contributed by atoms with E-state index in [1.807, 2.05) is 45.0 Å². The zero-order chi connectivity index (χ0) is 18.4. The molecule has 5 heteroatoms. The Kier molecular flexibility index (Phi) is 7.33. The first-order chi connectivity index (χ1) is 11.0. The van der Waals surface area contributed by atoms with Crippen molar-refractivity contribution in [3.05, 3.63) is 29.8 Å². The van der Waals surface area contributed by atoms with Gasteiger partial charge in [-0.1, -0.05) is 32.9 Å². The molecule has 134 valence electrons. The van der Waals surface area contributed by atoms with Gasteiger partial charge in [-0.2, -0.15) is 0 Å². The van der Waals surface area contributed by atoms with Crippen molar-refractivity contribution in [2.24, 2.45) is 5.41 Å². The Morgan fingerprint density at radius 2 is 1.67 bits per heavy atom. The van der Waals surface area contributed by atoms with E-state index in [1.54, 1.807) is 0 Å². The molecule has 2 amide bonds. The number of nitrogens with one attached hydrogen (secondary N) is 2. The normalized spacial score (nSPS) is 11.9. The van der Waals surface area contributed by atoms with Gasteiger partial charge >= 0.3 is 0 Å². The van der Waals surface area contributed by atoms with Gasteiger partial charge in [-0.05, 0) is 50.3 Å². The molecule has 0 bridgehead atoms. The van der Waals surface area contributed by atoms with Gasteiger partial charge in [0.2, 0.25) is 11.8 Å². The van der Waals surface area contributed by atoms with Gasteiger partial charge in [-0.25, -0.2) is 0 Å². The highest BCUT2D eigenvalue weighted by Gasteiger charge is 2.26. The van der Waals surface area contributed by atoms with E-state index < -0.39 is 0 Å². The quantitative estimate of drug-likeness (QED) is 0.781. The summed E-state index contributed by atoms with van der Waals surface area (Å²) in [4.78, 5) is 24.0. The smallest absolute Gasteiger partial charge is 0.234 e. The molecule has 1 rings (SSSR count). The fourth-order valence-electron chi connectivity index (χ4n) is 2.94. The second kappa shape index (κ2) is 8.56. The van der Waals surface area contributed by atoms with Gasteiger partial charge in [-0.15, -0.1) is 11.8 Å². The first-order valence-electron chi connectivity index (χ1n) is 8.22. The SMILES string of the molecule is Cc1cccc(NC(=O)CSCC(=O)NC(C)(C)CC(C)(C)C)c1. The molecule has 0 fully saturated rings. The van der Waals surface area contributed by atoms with E-state index in [2.05, 4.69) is 31.4 Å². The Bertz CT molecular complexity index is 577. The van der Waals surface area contributed by atoms with Crippen LogP contribution in [-0.4, -0.2) is 28.9 Å². The number of thioether (sulfide) groups is 1. The Balaban J connectivity index is 2.33. The van der Waals surface area contributed by atoms with E-state index in [0.29, 0.717) is 0 Å². The van der Waals surface area contributed by atoms with Gasteiger partial charge < -0.3 is 10.6 Å². The monoisotopic (exact) mass is 350 g/mol. The Hall–Kier alpha value is -1.49. The number of hydrogen-bond acceptors (Lipinski definition) is 3. The summed E-state index contributed by atoms with van der Waals surface area (Å²) >= 11 is 1.33. The molecule has 4 nitrogen and oxygen atoms in total. The van der Waals surface area contributed by atoms with Crippen LogP contribution in [0.4, 0.5) is 5.69 Å². The molecular weight excluding hydrogens is 320 g/mol. The van der Waals surface area contributed by atoms with Gasteiger partial charge in [0.25, 0.3) is 0 Å². The molecule has 0 radical (unpaired) electrons. The number of benzene rings is 1. The van der Waals surface area contributed by atoms with Gasteiger partial charge in [0.1, 0.15) is 0 Å². The maximum atomic E-state index is 12.1. The molecule has 0 saturated carbocycles. The molecule has 2 N–H and O–H groups in total. The topological polar surface area (TPSA) is 58.2 Å². The predicted molar refractivity (Wildman–Crippen MR) is 103 cm³/mol. The van der Waals surface area contributed by atoms with Crippen LogP contribution >= 0.6 is 11.8 Å². The van der Waals surface area contributed by atoms with E-state index in [0.717, 1.165) is 17.7 Å². The van der Waals surface area contributed by atoms with Crippen LogP contribution in [0.15, 0.2) is 24.3 Å². The molecule has 0 unspecified atom stereocenters.